The molecule has 3 N–H and O–H groups in total. The summed E-state index contributed by atoms with van der Waals surface area (Å²) in [6.07, 6.45) is 4.65. The molecule has 314 valence electrons. The number of aldehydes is 2. The van der Waals surface area contributed by atoms with Crippen LogP contribution in [-0.4, -0.2) is 76.2 Å². The fraction of sp³-hybridized carbons (Fsp3) is 0.389. The van der Waals surface area contributed by atoms with Crippen molar-refractivity contribution in [3.05, 3.63) is 101 Å². The molecular weight excluding hydrogens is 854 g/mol. The van der Waals surface area contributed by atoms with Gasteiger partial charge >= 0.3 is 28.2 Å². The number of rotatable bonds is 12. The summed E-state index contributed by atoms with van der Waals surface area (Å²) >= 11 is 9.91. The molecule has 19 nitrogen and oxygen atoms in total. The van der Waals surface area contributed by atoms with Gasteiger partial charge in [-0.05, 0) is 37.8 Å². The highest BCUT2D eigenvalue weighted by molar-refractivity contribution is 7.71. The van der Waals surface area contributed by atoms with Crippen LogP contribution in [0.5, 0.6) is 23.0 Å². The Morgan fingerprint density at radius 2 is 1.36 bits per heavy atom. The number of carbonyl (C=O) groups is 2. The molecular formula is C36H39N4O15P2S2+. The summed E-state index contributed by atoms with van der Waals surface area (Å²) in [5.74, 6) is 2.12. The minimum Gasteiger partial charge on any atom is -0.493 e. The van der Waals surface area contributed by atoms with Gasteiger partial charge < -0.3 is 23.5 Å². The zero-order valence-corrected chi connectivity index (χ0v) is 34.9. The predicted octanol–water partition coefficient (Wildman–Crippen LogP) is 5.96. The number of aromatic nitrogens is 4. The molecule has 0 radical (unpaired) electrons. The van der Waals surface area contributed by atoms with Crippen molar-refractivity contribution < 1.29 is 60.6 Å². The minimum atomic E-state index is -3.60. The summed E-state index contributed by atoms with van der Waals surface area (Å²) in [6, 6.07) is 10.9. The van der Waals surface area contributed by atoms with E-state index in [1.807, 2.05) is 24.3 Å². The molecule has 0 saturated carbocycles. The number of methoxy groups -OCH3 is 2. The number of benzene rings is 2. The van der Waals surface area contributed by atoms with Crippen LogP contribution in [0.3, 0.4) is 0 Å². The van der Waals surface area contributed by atoms with Crippen molar-refractivity contribution in [2.24, 2.45) is 0 Å². The standard InChI is InChI=1S/C18H19N2O8PS.C18H19N2O7PS/c1-24-14-4-2-3-11-9-25-29(23,28-16(11)14)26-10-13-5-6-15(27-13)20-7-12(8-21)17(30)19-18(20)22;1-23-14-4-2-3-11-9-24-28(27-16(11)14)25-10-13-5-6-15(26-13)20-7-12(8-21)17(29)19-18(20)22/h2-4,7-8,13,15,23H,5-6,9-10H2,1H3;2-4,7-8,13,15H,5-6,9-10H2,1H3,(H,19,22,29)/p+1. The molecule has 4 aliphatic heterocycles. The first-order chi connectivity index (χ1) is 28.5. The van der Waals surface area contributed by atoms with Gasteiger partial charge in [0.05, 0.1) is 50.8 Å². The molecule has 2 aromatic carbocycles. The number of fused-ring (bicyclic) bond motifs is 2. The number of carbonyl (C=O) groups excluding carboxylic acids is 2. The Bertz CT molecular complexity index is 2400. The molecule has 6 heterocycles. The fourth-order valence-electron chi connectivity index (χ4n) is 6.47. The summed E-state index contributed by atoms with van der Waals surface area (Å²) in [5, 5.41) is 0. The first-order valence-electron chi connectivity index (χ1n) is 18.1. The van der Waals surface area contributed by atoms with Gasteiger partial charge in [0.2, 0.25) is 5.75 Å². The molecule has 4 aliphatic rings. The maximum absolute atomic E-state index is 12.2. The highest BCUT2D eigenvalue weighted by Gasteiger charge is 2.52. The summed E-state index contributed by atoms with van der Waals surface area (Å²) in [5.41, 5.74) is 1.19. The SMILES string of the molecule is COc1cccc2c1OP(OCC1CCC(n3cc(C=O)c(=S)[nH]c3=O)O1)OC2.COc1cccc2c1O[P+](O)(OCC1CCC(n3cc(C=O)c(=S)[nH]c3=O)O1)OC2. The lowest BCUT2D eigenvalue weighted by molar-refractivity contribution is -0.0302. The summed E-state index contributed by atoms with van der Waals surface area (Å²) in [7, 11) is -2.09. The van der Waals surface area contributed by atoms with Crippen LogP contribution in [0, 0.1) is 9.28 Å². The number of hydrogen-bond donors (Lipinski definition) is 3. The number of nitrogens with zero attached hydrogens (tertiary/aromatic N) is 2. The lowest BCUT2D eigenvalue weighted by Crippen LogP contribution is -2.28. The molecule has 0 bridgehead atoms. The van der Waals surface area contributed by atoms with Crippen molar-refractivity contribution in [1.29, 1.82) is 0 Å². The predicted molar refractivity (Wildman–Crippen MR) is 214 cm³/mol. The topological polar surface area (TPSA) is 222 Å². The van der Waals surface area contributed by atoms with Crippen molar-refractivity contribution >= 4 is 53.8 Å². The average molecular weight is 894 g/mol. The van der Waals surface area contributed by atoms with E-state index in [9.17, 15) is 24.1 Å². The molecule has 0 aliphatic carbocycles. The van der Waals surface area contributed by atoms with E-state index in [0.29, 0.717) is 67.9 Å². The van der Waals surface area contributed by atoms with E-state index >= 15 is 0 Å². The van der Waals surface area contributed by atoms with Crippen molar-refractivity contribution in [2.75, 3.05) is 27.4 Å². The Hall–Kier alpha value is -4.24. The van der Waals surface area contributed by atoms with Gasteiger partial charge in [0, 0.05) is 23.5 Å². The van der Waals surface area contributed by atoms with E-state index in [-0.39, 0.29) is 46.3 Å². The number of aromatic amines is 2. The Balaban J connectivity index is 0.000000179. The average Bonchev–Trinajstić information content (AvgIpc) is 3.92. The summed E-state index contributed by atoms with van der Waals surface area (Å²) in [6.45, 7) is 0.756. The quantitative estimate of drug-likeness (QED) is 0.0848. The van der Waals surface area contributed by atoms with Gasteiger partial charge in [-0.15, -0.1) is 9.05 Å². The van der Waals surface area contributed by atoms with Gasteiger partial charge in [0.15, 0.2) is 29.8 Å². The lowest BCUT2D eigenvalue weighted by atomic mass is 10.2. The third-order valence-electron chi connectivity index (χ3n) is 9.47. The third kappa shape index (κ3) is 9.88. The van der Waals surface area contributed by atoms with Crippen LogP contribution < -0.4 is 29.9 Å². The minimum absolute atomic E-state index is 0.00336. The van der Waals surface area contributed by atoms with Crippen LogP contribution in [0.2, 0.25) is 0 Å². The van der Waals surface area contributed by atoms with Gasteiger partial charge in [0.25, 0.3) is 0 Å². The lowest BCUT2D eigenvalue weighted by Gasteiger charge is -2.26. The Labute approximate surface area is 347 Å². The number of nitrogens with one attached hydrogen (secondary N) is 2. The zero-order valence-electron chi connectivity index (χ0n) is 31.5. The normalized spacial score (nSPS) is 24.4. The molecule has 2 aromatic heterocycles. The molecule has 8 rings (SSSR count). The fourth-order valence-corrected chi connectivity index (χ4v) is 9.19. The summed E-state index contributed by atoms with van der Waals surface area (Å²) < 4.78 is 59.0. The number of H-pyrrole nitrogens is 2. The molecule has 0 amide bonds. The monoisotopic (exact) mass is 893 g/mol. The molecule has 4 aromatic rings. The van der Waals surface area contributed by atoms with Crippen molar-refractivity contribution in [1.82, 2.24) is 19.1 Å². The number of hydrogen-bond acceptors (Lipinski definition) is 17. The molecule has 2 fully saturated rings. The van der Waals surface area contributed by atoms with Crippen molar-refractivity contribution in [2.45, 2.75) is 63.6 Å². The number of ether oxygens (including phenoxy) is 4. The van der Waals surface area contributed by atoms with Gasteiger partial charge in [-0.1, -0.05) is 48.7 Å². The van der Waals surface area contributed by atoms with E-state index in [1.165, 1.54) is 28.6 Å². The van der Waals surface area contributed by atoms with Gasteiger partial charge in [-0.3, -0.25) is 42.3 Å². The second-order valence-electron chi connectivity index (χ2n) is 13.2. The van der Waals surface area contributed by atoms with Crippen LogP contribution in [-0.2, 0) is 40.8 Å². The second kappa shape index (κ2) is 19.0. The zero-order chi connectivity index (χ0) is 41.7. The van der Waals surface area contributed by atoms with Crippen LogP contribution in [0.15, 0.2) is 58.4 Å². The molecule has 23 heteroatoms. The van der Waals surface area contributed by atoms with Gasteiger partial charge in [-0.25, -0.2) is 9.59 Å². The second-order valence-corrected chi connectivity index (χ2v) is 16.8. The molecule has 6 atom stereocenters. The highest BCUT2D eigenvalue weighted by atomic mass is 32.1. The van der Waals surface area contributed by atoms with Gasteiger partial charge in [0.1, 0.15) is 35.0 Å². The third-order valence-corrected chi connectivity index (χ3v) is 12.5. The molecule has 6 unspecified atom stereocenters. The molecule has 59 heavy (non-hydrogen) atoms. The molecule has 0 spiro atoms. The van der Waals surface area contributed by atoms with E-state index in [2.05, 4.69) is 9.97 Å². The maximum atomic E-state index is 12.2. The van der Waals surface area contributed by atoms with E-state index in [1.54, 1.807) is 19.2 Å². The van der Waals surface area contributed by atoms with Crippen molar-refractivity contribution in [3.63, 3.8) is 0 Å². The largest absolute Gasteiger partial charge is 0.619 e. The first-order valence-corrected chi connectivity index (χ1v) is 21.5. The van der Waals surface area contributed by atoms with Gasteiger partial charge in [-0.2, -0.15) is 4.89 Å². The van der Waals surface area contributed by atoms with E-state index < -0.39 is 46.7 Å². The number of para-hydroxylation sites is 2. The van der Waals surface area contributed by atoms with Crippen molar-refractivity contribution in [3.8, 4) is 23.0 Å². The van der Waals surface area contributed by atoms with Crippen LogP contribution >= 0.6 is 41.2 Å². The van der Waals surface area contributed by atoms with Crippen LogP contribution in [0.1, 0.15) is 70.0 Å². The van der Waals surface area contributed by atoms with Crippen LogP contribution in [0.4, 0.5) is 0 Å². The first kappa shape index (κ1) is 42.9. The smallest absolute Gasteiger partial charge is 0.493 e. The Morgan fingerprint density at radius 1 is 0.814 bits per heavy atom. The maximum Gasteiger partial charge on any atom is 0.619 e. The Morgan fingerprint density at radius 3 is 1.92 bits per heavy atom. The van der Waals surface area contributed by atoms with E-state index in [4.69, 9.17) is 70.5 Å². The van der Waals surface area contributed by atoms with E-state index in [0.717, 1.165) is 11.1 Å². The molecule has 2 saturated heterocycles. The summed E-state index contributed by atoms with van der Waals surface area (Å²) in [4.78, 5) is 62.1. The van der Waals surface area contributed by atoms with Crippen LogP contribution in [0.25, 0.3) is 0 Å². The Kier molecular flexibility index (Phi) is 13.8. The highest BCUT2D eigenvalue weighted by Crippen LogP contribution is 2.63.